The molecule has 52 heavy (non-hydrogen) atoms. The number of likely N-dealkylation sites (tertiary alicyclic amines) is 1. The zero-order valence-corrected chi connectivity index (χ0v) is 30.8. The number of alkyl halides is 1. The SMILES string of the molecule is C=C/C(=C\N=C(C)c1ccc(C[C@H](NC(=O)c2ccc(C(C)(C)C)s2)C(=O)N2CC(C(=O)O)C2)cc1)c1ccc(-c2ccc(CF)c(C)c2)cc1F. The number of amides is 2. The van der Waals surface area contributed by atoms with Gasteiger partial charge in [0.2, 0.25) is 5.91 Å². The minimum atomic E-state index is -0.947. The van der Waals surface area contributed by atoms with Crippen molar-refractivity contribution in [3.05, 3.63) is 135 Å². The summed E-state index contributed by atoms with van der Waals surface area (Å²) in [5, 5.41) is 12.2. The van der Waals surface area contributed by atoms with Gasteiger partial charge in [0, 0.05) is 47.4 Å². The molecule has 10 heteroatoms. The summed E-state index contributed by atoms with van der Waals surface area (Å²) in [6.45, 7) is 13.4. The number of carboxylic acid groups (broad SMARTS) is 1. The molecule has 1 aliphatic rings. The molecule has 0 spiro atoms. The maximum Gasteiger partial charge on any atom is 0.310 e. The minimum Gasteiger partial charge on any atom is -0.481 e. The smallest absolute Gasteiger partial charge is 0.310 e. The van der Waals surface area contributed by atoms with Gasteiger partial charge in [-0.25, -0.2) is 8.78 Å². The Hall–Kier alpha value is -5.22. The summed E-state index contributed by atoms with van der Waals surface area (Å²) in [4.78, 5) is 45.8. The fourth-order valence-corrected chi connectivity index (χ4v) is 6.84. The molecule has 1 fully saturated rings. The summed E-state index contributed by atoms with van der Waals surface area (Å²) in [5.41, 5.74) is 5.87. The van der Waals surface area contributed by atoms with Crippen LogP contribution in [0.15, 0.2) is 96.6 Å². The highest BCUT2D eigenvalue weighted by Crippen LogP contribution is 2.30. The van der Waals surface area contributed by atoms with E-state index in [-0.39, 0.29) is 36.7 Å². The molecule has 0 saturated carbocycles. The van der Waals surface area contributed by atoms with Crippen molar-refractivity contribution in [3.63, 3.8) is 0 Å². The molecule has 0 bridgehead atoms. The Morgan fingerprint density at radius 1 is 1.04 bits per heavy atom. The molecule has 0 radical (unpaired) electrons. The summed E-state index contributed by atoms with van der Waals surface area (Å²) < 4.78 is 28.5. The van der Waals surface area contributed by atoms with Crippen LogP contribution in [0, 0.1) is 18.7 Å². The second-order valence-corrected chi connectivity index (χ2v) is 15.2. The third-order valence-corrected chi connectivity index (χ3v) is 10.8. The lowest BCUT2D eigenvalue weighted by Gasteiger charge is -2.38. The van der Waals surface area contributed by atoms with Crippen LogP contribution in [0.4, 0.5) is 8.78 Å². The summed E-state index contributed by atoms with van der Waals surface area (Å²) in [6, 6.07) is 20.5. The summed E-state index contributed by atoms with van der Waals surface area (Å²) in [5.74, 6) is -2.68. The first kappa shape index (κ1) is 38.0. The maximum atomic E-state index is 15.4. The second-order valence-electron chi connectivity index (χ2n) is 14.1. The van der Waals surface area contributed by atoms with Gasteiger partial charge in [-0.2, -0.15) is 0 Å². The molecule has 1 saturated heterocycles. The third-order valence-electron chi connectivity index (χ3n) is 9.24. The molecule has 5 rings (SSSR count). The van der Waals surface area contributed by atoms with E-state index in [0.717, 1.165) is 27.1 Å². The topological polar surface area (TPSA) is 99.1 Å². The van der Waals surface area contributed by atoms with Gasteiger partial charge in [-0.3, -0.25) is 19.4 Å². The zero-order chi connectivity index (χ0) is 37.7. The lowest BCUT2D eigenvalue weighted by atomic mass is 9.95. The Morgan fingerprint density at radius 2 is 1.71 bits per heavy atom. The first-order valence-corrected chi connectivity index (χ1v) is 17.8. The molecule has 0 unspecified atom stereocenters. The Labute approximate surface area is 307 Å². The van der Waals surface area contributed by atoms with E-state index in [0.29, 0.717) is 32.9 Å². The van der Waals surface area contributed by atoms with Gasteiger partial charge in [0.05, 0.1) is 10.8 Å². The highest BCUT2D eigenvalue weighted by Gasteiger charge is 2.39. The van der Waals surface area contributed by atoms with E-state index in [9.17, 15) is 23.9 Å². The quantitative estimate of drug-likeness (QED) is 0.113. The van der Waals surface area contributed by atoms with E-state index in [4.69, 9.17) is 0 Å². The predicted molar refractivity (Wildman–Crippen MR) is 204 cm³/mol. The van der Waals surface area contributed by atoms with Crippen LogP contribution in [-0.4, -0.2) is 52.6 Å². The van der Waals surface area contributed by atoms with Crippen LogP contribution in [0.1, 0.15) is 70.1 Å². The number of allylic oxidation sites excluding steroid dienone is 2. The number of benzene rings is 3. The van der Waals surface area contributed by atoms with Crippen LogP contribution in [0.3, 0.4) is 0 Å². The molecule has 2 N–H and O–H groups in total. The molecule has 1 aromatic heterocycles. The number of rotatable bonds is 12. The molecular weight excluding hydrogens is 681 g/mol. The molecule has 1 aliphatic heterocycles. The van der Waals surface area contributed by atoms with Crippen LogP contribution in [-0.2, 0) is 28.1 Å². The van der Waals surface area contributed by atoms with Crippen molar-refractivity contribution < 1.29 is 28.3 Å². The summed E-state index contributed by atoms with van der Waals surface area (Å²) in [7, 11) is 0. The van der Waals surface area contributed by atoms with Crippen molar-refractivity contribution in [1.29, 1.82) is 0 Å². The summed E-state index contributed by atoms with van der Waals surface area (Å²) >= 11 is 1.38. The molecule has 2 amide bonds. The number of aliphatic carboxylic acids is 1. The van der Waals surface area contributed by atoms with Crippen LogP contribution >= 0.6 is 11.3 Å². The van der Waals surface area contributed by atoms with Gasteiger partial charge in [0.15, 0.2) is 0 Å². The third kappa shape index (κ3) is 8.80. The average Bonchev–Trinajstić information content (AvgIpc) is 3.60. The fourth-order valence-electron chi connectivity index (χ4n) is 5.87. The van der Waals surface area contributed by atoms with Gasteiger partial charge >= 0.3 is 5.97 Å². The Morgan fingerprint density at radius 3 is 2.29 bits per heavy atom. The van der Waals surface area contributed by atoms with Crippen molar-refractivity contribution >= 4 is 40.4 Å². The van der Waals surface area contributed by atoms with Crippen molar-refractivity contribution in [2.24, 2.45) is 10.9 Å². The van der Waals surface area contributed by atoms with Crippen molar-refractivity contribution in [2.45, 2.75) is 59.2 Å². The van der Waals surface area contributed by atoms with Crippen molar-refractivity contribution in [2.75, 3.05) is 13.1 Å². The number of thiophene rings is 1. The van der Waals surface area contributed by atoms with Gasteiger partial charge in [0.1, 0.15) is 18.5 Å². The molecule has 0 aliphatic carbocycles. The van der Waals surface area contributed by atoms with E-state index < -0.39 is 30.4 Å². The Balaban J connectivity index is 1.31. The van der Waals surface area contributed by atoms with Gasteiger partial charge in [0.25, 0.3) is 5.91 Å². The lowest BCUT2D eigenvalue weighted by molar-refractivity contribution is -0.153. The molecular formula is C42H43F2N3O4S. The van der Waals surface area contributed by atoms with E-state index in [1.54, 1.807) is 36.5 Å². The summed E-state index contributed by atoms with van der Waals surface area (Å²) in [6.07, 6.45) is 3.31. The normalized spacial score (nSPS) is 14.5. The first-order valence-electron chi connectivity index (χ1n) is 17.0. The first-order chi connectivity index (χ1) is 24.7. The number of hydrogen-bond acceptors (Lipinski definition) is 5. The highest BCUT2D eigenvalue weighted by molar-refractivity contribution is 7.14. The zero-order valence-electron chi connectivity index (χ0n) is 30.0. The molecule has 7 nitrogen and oxygen atoms in total. The van der Waals surface area contributed by atoms with Gasteiger partial charge < -0.3 is 15.3 Å². The van der Waals surface area contributed by atoms with E-state index in [1.165, 1.54) is 22.3 Å². The number of carbonyl (C=O) groups excluding carboxylic acids is 2. The number of aryl methyl sites for hydroxylation is 1. The number of hydrogen-bond donors (Lipinski definition) is 2. The standard InChI is InChI=1S/C42H43F2N3O4S/c1-7-28(34-15-14-31(20-35(34)44)30-12-13-32(21-43)25(2)18-30)22-45-26(3)29-10-8-27(9-11-29)19-36(40(49)47-23-33(24-47)41(50)51)46-39(48)37-16-17-38(52-37)42(4,5)6/h7-18,20,22,33,36H,1,19,21,23-24H2,2-6H3,(H,46,48)(H,50,51)/b28-22+,45-26?/t36-/m0/s1. The van der Waals surface area contributed by atoms with Crippen molar-refractivity contribution in [1.82, 2.24) is 10.2 Å². The van der Waals surface area contributed by atoms with E-state index >= 15 is 4.39 Å². The van der Waals surface area contributed by atoms with Gasteiger partial charge in [-0.1, -0.05) is 88.0 Å². The number of carboxylic acids is 1. The lowest BCUT2D eigenvalue weighted by Crippen LogP contribution is -2.59. The number of carbonyl (C=O) groups is 3. The number of nitrogens with zero attached hydrogens (tertiary/aromatic N) is 2. The number of nitrogens with one attached hydrogen (secondary N) is 1. The van der Waals surface area contributed by atoms with Gasteiger partial charge in [-0.15, -0.1) is 11.3 Å². The maximum absolute atomic E-state index is 15.4. The van der Waals surface area contributed by atoms with Crippen molar-refractivity contribution in [3.8, 4) is 11.1 Å². The van der Waals surface area contributed by atoms with Crippen LogP contribution in [0.25, 0.3) is 16.7 Å². The fraction of sp³-hybridized carbons (Fsp3) is 0.286. The van der Waals surface area contributed by atoms with E-state index in [1.807, 2.05) is 56.3 Å². The van der Waals surface area contributed by atoms with Crippen LogP contribution < -0.4 is 5.32 Å². The molecule has 1 atom stereocenters. The monoisotopic (exact) mass is 723 g/mol. The Kier molecular flexibility index (Phi) is 11.7. The van der Waals surface area contributed by atoms with Crippen LogP contribution in [0.2, 0.25) is 0 Å². The average molecular weight is 724 g/mol. The van der Waals surface area contributed by atoms with Gasteiger partial charge in [-0.05, 0) is 70.8 Å². The second kappa shape index (κ2) is 16.0. The molecule has 270 valence electrons. The molecule has 2 heterocycles. The van der Waals surface area contributed by atoms with Crippen LogP contribution in [0.5, 0.6) is 0 Å². The Bertz CT molecular complexity index is 2050. The predicted octanol–water partition coefficient (Wildman–Crippen LogP) is 8.55. The largest absolute Gasteiger partial charge is 0.481 e. The highest BCUT2D eigenvalue weighted by atomic mass is 32.1. The number of aliphatic imine (C=N–C) groups is 1. The molecule has 4 aromatic rings. The van der Waals surface area contributed by atoms with E-state index in [2.05, 4.69) is 37.7 Å². The minimum absolute atomic E-state index is 0.103. The number of halogens is 2. The molecule has 3 aromatic carbocycles.